The van der Waals surface area contributed by atoms with Crippen molar-refractivity contribution < 1.29 is 9.13 Å². The number of nitrogens with two attached hydrogens (primary N) is 1. The molecule has 0 aromatic heterocycles. The molecule has 0 atom stereocenters. The molecule has 0 radical (unpaired) electrons. The molecular weight excluding hydrogens is 243 g/mol. The van der Waals surface area contributed by atoms with Crippen LogP contribution in [0.4, 0.5) is 21.5 Å². The zero-order chi connectivity index (χ0) is 14.0. The number of halogens is 1. The predicted octanol–water partition coefficient (Wildman–Crippen LogP) is 3.49. The lowest BCUT2D eigenvalue weighted by atomic mass is 10.1. The number of methoxy groups -OCH3 is 1. The molecule has 100 valence electrons. The molecule has 0 spiro atoms. The highest BCUT2D eigenvalue weighted by molar-refractivity contribution is 5.74. The monoisotopic (exact) mass is 260 g/mol. The van der Waals surface area contributed by atoms with Gasteiger partial charge in [0.25, 0.3) is 0 Å². The second kappa shape index (κ2) is 5.18. The van der Waals surface area contributed by atoms with Gasteiger partial charge in [-0.1, -0.05) is 0 Å². The van der Waals surface area contributed by atoms with Crippen molar-refractivity contribution in [2.24, 2.45) is 0 Å². The molecule has 0 saturated heterocycles. The van der Waals surface area contributed by atoms with E-state index in [1.54, 1.807) is 13.2 Å². The molecule has 0 saturated carbocycles. The summed E-state index contributed by atoms with van der Waals surface area (Å²) in [5.41, 5.74) is 9.03. The Morgan fingerprint density at radius 1 is 1.16 bits per heavy atom. The third-order valence-electron chi connectivity index (χ3n) is 3.12. The van der Waals surface area contributed by atoms with Gasteiger partial charge in [0.1, 0.15) is 11.6 Å². The smallest absolute Gasteiger partial charge is 0.125 e. The molecule has 0 bridgehead atoms. The van der Waals surface area contributed by atoms with Crippen LogP contribution in [-0.2, 0) is 0 Å². The van der Waals surface area contributed by atoms with E-state index in [1.165, 1.54) is 12.1 Å². The molecule has 0 unspecified atom stereocenters. The molecule has 0 aliphatic rings. The Balaban J connectivity index is 2.38. The summed E-state index contributed by atoms with van der Waals surface area (Å²) in [6.45, 7) is 1.98. The van der Waals surface area contributed by atoms with Crippen molar-refractivity contribution in [3.63, 3.8) is 0 Å². The van der Waals surface area contributed by atoms with Crippen molar-refractivity contribution in [2.75, 3.05) is 24.8 Å². The van der Waals surface area contributed by atoms with E-state index in [1.807, 2.05) is 37.1 Å². The van der Waals surface area contributed by atoms with Crippen molar-refractivity contribution >= 4 is 17.1 Å². The minimum absolute atomic E-state index is 0.333. The molecule has 2 N–H and O–H groups in total. The summed E-state index contributed by atoms with van der Waals surface area (Å²) in [6.07, 6.45) is 0. The van der Waals surface area contributed by atoms with Crippen LogP contribution in [0, 0.1) is 12.7 Å². The number of nitrogen functional groups attached to an aromatic ring is 1. The van der Waals surface area contributed by atoms with Crippen LogP contribution >= 0.6 is 0 Å². The normalized spacial score (nSPS) is 10.3. The van der Waals surface area contributed by atoms with Crippen LogP contribution in [0.5, 0.6) is 5.75 Å². The number of hydrogen-bond acceptors (Lipinski definition) is 3. The average molecular weight is 260 g/mol. The van der Waals surface area contributed by atoms with E-state index >= 15 is 0 Å². The van der Waals surface area contributed by atoms with Gasteiger partial charge in [0.15, 0.2) is 0 Å². The highest BCUT2D eigenvalue weighted by atomic mass is 19.1. The Kier molecular flexibility index (Phi) is 3.60. The first-order chi connectivity index (χ1) is 9.02. The largest absolute Gasteiger partial charge is 0.496 e. The molecule has 0 fully saturated rings. The molecule has 4 heteroatoms. The van der Waals surface area contributed by atoms with Crippen molar-refractivity contribution in [3.8, 4) is 5.75 Å². The van der Waals surface area contributed by atoms with E-state index in [9.17, 15) is 4.39 Å². The van der Waals surface area contributed by atoms with E-state index in [-0.39, 0.29) is 5.82 Å². The van der Waals surface area contributed by atoms with Gasteiger partial charge in [0.05, 0.1) is 18.5 Å². The first kappa shape index (κ1) is 13.2. The zero-order valence-electron chi connectivity index (χ0n) is 11.3. The molecule has 2 aromatic rings. The van der Waals surface area contributed by atoms with Crippen molar-refractivity contribution in [3.05, 3.63) is 47.8 Å². The molecule has 19 heavy (non-hydrogen) atoms. The van der Waals surface area contributed by atoms with Crippen molar-refractivity contribution in [2.45, 2.75) is 6.92 Å². The number of nitrogens with zero attached hydrogens (tertiary/aromatic N) is 1. The maximum atomic E-state index is 13.1. The van der Waals surface area contributed by atoms with Crippen LogP contribution in [0.2, 0.25) is 0 Å². The highest BCUT2D eigenvalue weighted by Crippen LogP contribution is 2.31. The Bertz CT molecular complexity index is 599. The number of benzene rings is 2. The molecule has 2 rings (SSSR count). The minimum Gasteiger partial charge on any atom is -0.496 e. The average Bonchev–Trinajstić information content (AvgIpc) is 2.38. The predicted molar refractivity (Wildman–Crippen MR) is 76.6 cm³/mol. The topological polar surface area (TPSA) is 38.5 Å². The second-order valence-electron chi connectivity index (χ2n) is 4.42. The second-order valence-corrected chi connectivity index (χ2v) is 4.42. The van der Waals surface area contributed by atoms with Crippen LogP contribution < -0.4 is 15.4 Å². The van der Waals surface area contributed by atoms with E-state index in [0.29, 0.717) is 5.69 Å². The zero-order valence-corrected chi connectivity index (χ0v) is 11.3. The van der Waals surface area contributed by atoms with E-state index in [2.05, 4.69) is 0 Å². The Hall–Kier alpha value is -2.23. The van der Waals surface area contributed by atoms with Gasteiger partial charge in [0, 0.05) is 12.7 Å². The summed E-state index contributed by atoms with van der Waals surface area (Å²) in [6, 6.07) is 10.2. The first-order valence-electron chi connectivity index (χ1n) is 5.96. The fraction of sp³-hybridized carbons (Fsp3) is 0.200. The van der Waals surface area contributed by atoms with Crippen LogP contribution in [-0.4, -0.2) is 14.2 Å². The number of aryl methyl sites for hydroxylation is 1. The molecule has 0 aliphatic heterocycles. The summed E-state index contributed by atoms with van der Waals surface area (Å²) in [4.78, 5) is 1.92. The number of ether oxygens (including phenoxy) is 1. The standard InChI is InChI=1S/C15H17FN2O/c1-10-8-12(5-7-15(10)19-3)18(2)14-6-4-11(16)9-13(14)17/h4-9H,17H2,1-3H3. The third kappa shape index (κ3) is 2.62. The SMILES string of the molecule is COc1ccc(N(C)c2ccc(F)cc2N)cc1C. The van der Waals surface area contributed by atoms with Gasteiger partial charge in [-0.3, -0.25) is 0 Å². The van der Waals surface area contributed by atoms with Gasteiger partial charge < -0.3 is 15.4 Å². The first-order valence-corrected chi connectivity index (χ1v) is 5.96. The maximum Gasteiger partial charge on any atom is 0.125 e. The summed E-state index contributed by atoms with van der Waals surface area (Å²) in [7, 11) is 3.54. The van der Waals surface area contributed by atoms with Crippen molar-refractivity contribution in [1.29, 1.82) is 0 Å². The van der Waals surface area contributed by atoms with Gasteiger partial charge in [-0.25, -0.2) is 4.39 Å². The highest BCUT2D eigenvalue weighted by Gasteiger charge is 2.10. The molecule has 2 aromatic carbocycles. The van der Waals surface area contributed by atoms with Crippen molar-refractivity contribution in [1.82, 2.24) is 0 Å². The quantitative estimate of drug-likeness (QED) is 0.858. The fourth-order valence-corrected chi connectivity index (χ4v) is 2.04. The van der Waals surface area contributed by atoms with Crippen LogP contribution in [0.25, 0.3) is 0 Å². The Morgan fingerprint density at radius 2 is 1.89 bits per heavy atom. The van der Waals surface area contributed by atoms with Gasteiger partial charge in [-0.05, 0) is 48.9 Å². The van der Waals surface area contributed by atoms with Gasteiger partial charge in [0.2, 0.25) is 0 Å². The van der Waals surface area contributed by atoms with Crippen LogP contribution in [0.15, 0.2) is 36.4 Å². The number of rotatable bonds is 3. The van der Waals surface area contributed by atoms with Crippen LogP contribution in [0.1, 0.15) is 5.56 Å². The number of hydrogen-bond donors (Lipinski definition) is 1. The molecule has 0 aliphatic carbocycles. The fourth-order valence-electron chi connectivity index (χ4n) is 2.04. The van der Waals surface area contributed by atoms with E-state index < -0.39 is 0 Å². The summed E-state index contributed by atoms with van der Waals surface area (Å²) in [5.74, 6) is 0.504. The Labute approximate surface area is 112 Å². The summed E-state index contributed by atoms with van der Waals surface area (Å²) >= 11 is 0. The molecule has 0 heterocycles. The Morgan fingerprint density at radius 3 is 2.47 bits per heavy atom. The van der Waals surface area contributed by atoms with E-state index in [0.717, 1.165) is 22.7 Å². The molecule has 3 nitrogen and oxygen atoms in total. The third-order valence-corrected chi connectivity index (χ3v) is 3.12. The van der Waals surface area contributed by atoms with E-state index in [4.69, 9.17) is 10.5 Å². The maximum absolute atomic E-state index is 13.1. The van der Waals surface area contributed by atoms with Crippen LogP contribution in [0.3, 0.4) is 0 Å². The molecular formula is C15H17FN2O. The lowest BCUT2D eigenvalue weighted by molar-refractivity contribution is 0.412. The summed E-state index contributed by atoms with van der Waals surface area (Å²) in [5, 5.41) is 0. The summed E-state index contributed by atoms with van der Waals surface area (Å²) < 4.78 is 18.3. The van der Waals surface area contributed by atoms with Gasteiger partial charge >= 0.3 is 0 Å². The molecule has 0 amide bonds. The lowest BCUT2D eigenvalue weighted by Crippen LogP contribution is -2.12. The number of anilines is 3. The van der Waals surface area contributed by atoms with Gasteiger partial charge in [-0.2, -0.15) is 0 Å². The minimum atomic E-state index is -0.333. The van der Waals surface area contributed by atoms with Gasteiger partial charge in [-0.15, -0.1) is 0 Å². The lowest BCUT2D eigenvalue weighted by Gasteiger charge is -2.22.